The Morgan fingerprint density at radius 2 is 1.77 bits per heavy atom. The van der Waals surface area contributed by atoms with Crippen molar-refractivity contribution in [1.82, 2.24) is 4.90 Å². The van der Waals surface area contributed by atoms with Gasteiger partial charge in [0.25, 0.3) is 0 Å². The lowest BCUT2D eigenvalue weighted by Crippen LogP contribution is -2.38. The lowest BCUT2D eigenvalue weighted by Gasteiger charge is -2.37. The standard InChI is InChI=1S/C19H20FNO/c1-12-5-6-16-13(7-12)10-21(15-3-2-4-15)11-14-8-19(22)18(20)9-17(14)16/h5-9,15,22H,2-4,10-11H2,1H3. The lowest BCUT2D eigenvalue weighted by atomic mass is 9.91. The van der Waals surface area contributed by atoms with Crippen LogP contribution in [0, 0.1) is 12.7 Å². The molecule has 2 aromatic rings. The third-order valence-electron chi connectivity index (χ3n) is 5.06. The van der Waals surface area contributed by atoms with Gasteiger partial charge in [-0.1, -0.05) is 30.2 Å². The van der Waals surface area contributed by atoms with Gasteiger partial charge in [-0.15, -0.1) is 0 Å². The van der Waals surface area contributed by atoms with Gasteiger partial charge in [-0.25, -0.2) is 4.39 Å². The van der Waals surface area contributed by atoms with Crippen LogP contribution in [0.15, 0.2) is 30.3 Å². The van der Waals surface area contributed by atoms with E-state index in [2.05, 4.69) is 30.0 Å². The number of hydrogen-bond donors (Lipinski definition) is 1. The Morgan fingerprint density at radius 1 is 1.05 bits per heavy atom. The topological polar surface area (TPSA) is 23.5 Å². The van der Waals surface area contributed by atoms with Crippen molar-refractivity contribution in [1.29, 1.82) is 0 Å². The van der Waals surface area contributed by atoms with Gasteiger partial charge in [-0.3, -0.25) is 4.90 Å². The number of aromatic hydroxyl groups is 1. The first-order valence-electron chi connectivity index (χ1n) is 7.97. The molecule has 1 N–H and O–H groups in total. The van der Waals surface area contributed by atoms with E-state index in [4.69, 9.17) is 0 Å². The van der Waals surface area contributed by atoms with Crippen molar-refractivity contribution in [3.8, 4) is 16.9 Å². The molecular weight excluding hydrogens is 277 g/mol. The van der Waals surface area contributed by atoms with Crippen molar-refractivity contribution in [2.24, 2.45) is 0 Å². The van der Waals surface area contributed by atoms with Crippen LogP contribution in [0.2, 0.25) is 0 Å². The molecule has 4 rings (SSSR count). The SMILES string of the molecule is Cc1ccc2c(c1)CN(C1CCC1)Cc1cc(O)c(F)cc1-2. The third-order valence-corrected chi connectivity index (χ3v) is 5.06. The number of fused-ring (bicyclic) bond motifs is 3. The molecule has 1 aliphatic carbocycles. The average molecular weight is 297 g/mol. The fraction of sp³-hybridized carbons (Fsp3) is 0.368. The molecular formula is C19H20FNO. The summed E-state index contributed by atoms with van der Waals surface area (Å²) in [6.07, 6.45) is 3.77. The van der Waals surface area contributed by atoms with Gasteiger partial charge in [0.15, 0.2) is 11.6 Å². The predicted molar refractivity (Wildman–Crippen MR) is 85.1 cm³/mol. The largest absolute Gasteiger partial charge is 0.505 e. The van der Waals surface area contributed by atoms with Crippen LogP contribution in [0.3, 0.4) is 0 Å². The molecule has 0 atom stereocenters. The van der Waals surface area contributed by atoms with Crippen molar-refractivity contribution in [3.05, 3.63) is 52.8 Å². The van der Waals surface area contributed by atoms with Crippen LogP contribution in [-0.2, 0) is 13.1 Å². The van der Waals surface area contributed by atoms with E-state index >= 15 is 0 Å². The van der Waals surface area contributed by atoms with Crippen LogP contribution < -0.4 is 0 Å². The molecule has 2 aromatic carbocycles. The maximum Gasteiger partial charge on any atom is 0.165 e. The van der Waals surface area contributed by atoms with Gasteiger partial charge < -0.3 is 5.11 Å². The smallest absolute Gasteiger partial charge is 0.165 e. The third kappa shape index (κ3) is 2.20. The molecule has 0 radical (unpaired) electrons. The molecule has 0 unspecified atom stereocenters. The number of nitrogens with zero attached hydrogens (tertiary/aromatic N) is 1. The molecule has 22 heavy (non-hydrogen) atoms. The second kappa shape index (κ2) is 5.10. The Bertz CT molecular complexity index is 736. The van der Waals surface area contributed by atoms with Gasteiger partial charge >= 0.3 is 0 Å². The van der Waals surface area contributed by atoms with Crippen molar-refractivity contribution >= 4 is 0 Å². The van der Waals surface area contributed by atoms with E-state index in [0.717, 1.165) is 29.8 Å². The van der Waals surface area contributed by atoms with Crippen LogP contribution >= 0.6 is 0 Å². The van der Waals surface area contributed by atoms with E-state index in [9.17, 15) is 9.50 Å². The van der Waals surface area contributed by atoms with Crippen molar-refractivity contribution in [3.63, 3.8) is 0 Å². The summed E-state index contributed by atoms with van der Waals surface area (Å²) in [5.74, 6) is -0.787. The maximum absolute atomic E-state index is 13.9. The second-order valence-corrected chi connectivity index (χ2v) is 6.61. The zero-order valence-electron chi connectivity index (χ0n) is 12.8. The average Bonchev–Trinajstić information content (AvgIpc) is 2.54. The van der Waals surface area contributed by atoms with Gasteiger partial charge in [0, 0.05) is 19.1 Å². The van der Waals surface area contributed by atoms with Crippen LogP contribution in [0.4, 0.5) is 4.39 Å². The monoisotopic (exact) mass is 297 g/mol. The highest BCUT2D eigenvalue weighted by Crippen LogP contribution is 2.38. The Balaban J connectivity index is 1.88. The molecule has 2 aliphatic rings. The van der Waals surface area contributed by atoms with Gasteiger partial charge in [-0.2, -0.15) is 0 Å². The Morgan fingerprint density at radius 3 is 2.45 bits per heavy atom. The van der Waals surface area contributed by atoms with E-state index < -0.39 is 5.82 Å². The molecule has 1 aliphatic heterocycles. The fourth-order valence-corrected chi connectivity index (χ4v) is 3.61. The van der Waals surface area contributed by atoms with E-state index in [0.29, 0.717) is 6.04 Å². The summed E-state index contributed by atoms with van der Waals surface area (Å²) in [4.78, 5) is 2.48. The minimum atomic E-state index is -0.539. The number of phenols is 1. The van der Waals surface area contributed by atoms with Gasteiger partial charge in [0.2, 0.25) is 0 Å². The number of benzene rings is 2. The van der Waals surface area contributed by atoms with Crippen molar-refractivity contribution in [2.75, 3.05) is 0 Å². The first kappa shape index (κ1) is 13.8. The summed E-state index contributed by atoms with van der Waals surface area (Å²) in [7, 11) is 0. The summed E-state index contributed by atoms with van der Waals surface area (Å²) < 4.78 is 13.9. The van der Waals surface area contributed by atoms with E-state index in [1.165, 1.54) is 36.5 Å². The summed E-state index contributed by atoms with van der Waals surface area (Å²) in [6, 6.07) is 10.1. The molecule has 0 spiro atoms. The normalized spacial score (nSPS) is 18.3. The molecule has 0 amide bonds. The highest BCUT2D eigenvalue weighted by atomic mass is 19.1. The molecule has 1 fully saturated rings. The number of rotatable bonds is 1. The minimum absolute atomic E-state index is 0.247. The molecule has 0 saturated heterocycles. The van der Waals surface area contributed by atoms with Crippen LogP contribution in [-0.4, -0.2) is 16.0 Å². The molecule has 3 heteroatoms. The van der Waals surface area contributed by atoms with Crippen molar-refractivity contribution in [2.45, 2.75) is 45.3 Å². The minimum Gasteiger partial charge on any atom is -0.505 e. The number of halogens is 1. The highest BCUT2D eigenvalue weighted by molar-refractivity contribution is 5.73. The van der Waals surface area contributed by atoms with E-state index in [-0.39, 0.29) is 5.75 Å². The maximum atomic E-state index is 13.9. The summed E-state index contributed by atoms with van der Waals surface area (Å²) in [5, 5.41) is 9.76. The molecule has 0 aromatic heterocycles. The quantitative estimate of drug-likeness (QED) is 0.844. The van der Waals surface area contributed by atoms with Gasteiger partial charge in [0.1, 0.15) is 0 Å². The van der Waals surface area contributed by atoms with Crippen LogP contribution in [0.5, 0.6) is 5.75 Å². The molecule has 114 valence electrons. The Hall–Kier alpha value is -1.87. The highest BCUT2D eigenvalue weighted by Gasteiger charge is 2.29. The van der Waals surface area contributed by atoms with Crippen LogP contribution in [0.1, 0.15) is 36.0 Å². The lowest BCUT2D eigenvalue weighted by molar-refractivity contribution is 0.113. The fourth-order valence-electron chi connectivity index (χ4n) is 3.61. The van der Waals surface area contributed by atoms with E-state index in [1.54, 1.807) is 6.07 Å². The van der Waals surface area contributed by atoms with Gasteiger partial charge in [-0.05, 0) is 54.2 Å². The van der Waals surface area contributed by atoms with Crippen molar-refractivity contribution < 1.29 is 9.50 Å². The number of hydrogen-bond acceptors (Lipinski definition) is 2. The van der Waals surface area contributed by atoms with Crippen LogP contribution in [0.25, 0.3) is 11.1 Å². The molecule has 2 nitrogen and oxygen atoms in total. The predicted octanol–water partition coefficient (Wildman–Crippen LogP) is 4.37. The molecule has 0 bridgehead atoms. The summed E-state index contributed by atoms with van der Waals surface area (Å²) in [5.41, 5.74) is 5.53. The molecule has 1 heterocycles. The molecule has 1 saturated carbocycles. The Labute approximate surface area is 130 Å². The first-order chi connectivity index (χ1) is 10.6. The Kier molecular flexibility index (Phi) is 3.19. The first-order valence-corrected chi connectivity index (χ1v) is 7.97. The summed E-state index contributed by atoms with van der Waals surface area (Å²) in [6.45, 7) is 3.78. The summed E-state index contributed by atoms with van der Waals surface area (Å²) >= 11 is 0. The van der Waals surface area contributed by atoms with Gasteiger partial charge in [0.05, 0.1) is 0 Å². The number of aryl methyl sites for hydroxylation is 1. The van der Waals surface area contributed by atoms with E-state index in [1.807, 2.05) is 0 Å². The number of phenolic OH excluding ortho intramolecular Hbond substituents is 1. The zero-order chi connectivity index (χ0) is 15.3. The second-order valence-electron chi connectivity index (χ2n) is 6.61. The zero-order valence-corrected chi connectivity index (χ0v) is 12.8.